The second-order valence-electron chi connectivity index (χ2n) is 5.29. The molecule has 0 aliphatic rings. The number of carbonyl (C=O) groups is 2. The number of benzene rings is 1. The Hall–Kier alpha value is -2.90. The molecule has 1 N–H and O–H groups in total. The summed E-state index contributed by atoms with van der Waals surface area (Å²) in [5, 5.41) is 2.60. The Bertz CT molecular complexity index is 776. The Morgan fingerprint density at radius 3 is 2.64 bits per heavy atom. The van der Waals surface area contributed by atoms with E-state index in [0.717, 1.165) is 0 Å². The van der Waals surface area contributed by atoms with Gasteiger partial charge in [-0.15, -0.1) is 13.2 Å². The van der Waals surface area contributed by atoms with Crippen LogP contribution in [-0.4, -0.2) is 23.0 Å². The maximum Gasteiger partial charge on any atom is 0.573 e. The first-order chi connectivity index (χ1) is 11.7. The lowest BCUT2D eigenvalue weighted by Gasteiger charge is -2.11. The van der Waals surface area contributed by atoms with E-state index < -0.39 is 12.3 Å². The highest BCUT2D eigenvalue weighted by Gasteiger charge is 2.31. The third-order valence-electron chi connectivity index (χ3n) is 3.09. The van der Waals surface area contributed by atoms with Gasteiger partial charge < -0.3 is 10.1 Å². The lowest BCUT2D eigenvalue weighted by atomic mass is 10.1. The number of hydrogen-bond acceptors (Lipinski definition) is 4. The molecule has 132 valence electrons. The van der Waals surface area contributed by atoms with Gasteiger partial charge in [0.1, 0.15) is 11.5 Å². The standard InChI is InChI=1S/C17H15F3N2O3/c1-11(23)7-14-9-13(5-6-21-14)16(24)22-10-12-3-2-4-15(8-12)25-17(18,19)20/h2-6,8-9H,7,10H2,1H3,(H,22,24). The van der Waals surface area contributed by atoms with Gasteiger partial charge in [0.2, 0.25) is 0 Å². The number of halogens is 3. The maximum atomic E-state index is 12.2. The van der Waals surface area contributed by atoms with E-state index in [1.807, 2.05) is 0 Å². The van der Waals surface area contributed by atoms with E-state index in [9.17, 15) is 22.8 Å². The van der Waals surface area contributed by atoms with Crippen molar-refractivity contribution < 1.29 is 27.5 Å². The molecule has 5 nitrogen and oxygen atoms in total. The van der Waals surface area contributed by atoms with Crippen molar-refractivity contribution in [2.24, 2.45) is 0 Å². The van der Waals surface area contributed by atoms with Crippen LogP contribution in [0.15, 0.2) is 42.6 Å². The third kappa shape index (κ3) is 6.25. The van der Waals surface area contributed by atoms with E-state index in [2.05, 4.69) is 15.0 Å². The molecule has 8 heteroatoms. The molecule has 1 heterocycles. The molecule has 25 heavy (non-hydrogen) atoms. The first kappa shape index (κ1) is 18.4. The lowest BCUT2D eigenvalue weighted by molar-refractivity contribution is -0.274. The highest BCUT2D eigenvalue weighted by molar-refractivity contribution is 5.94. The highest BCUT2D eigenvalue weighted by atomic mass is 19.4. The molecule has 1 aromatic carbocycles. The predicted molar refractivity (Wildman–Crippen MR) is 82.9 cm³/mol. The van der Waals surface area contributed by atoms with Crippen LogP contribution in [0.1, 0.15) is 28.5 Å². The van der Waals surface area contributed by atoms with Crippen molar-refractivity contribution in [2.45, 2.75) is 26.3 Å². The van der Waals surface area contributed by atoms with Gasteiger partial charge in [-0.05, 0) is 36.8 Å². The average molecular weight is 352 g/mol. The summed E-state index contributed by atoms with van der Waals surface area (Å²) in [4.78, 5) is 27.2. The van der Waals surface area contributed by atoms with Gasteiger partial charge in [0.25, 0.3) is 5.91 Å². The van der Waals surface area contributed by atoms with Gasteiger partial charge in [0.05, 0.1) is 0 Å². The van der Waals surface area contributed by atoms with E-state index in [4.69, 9.17) is 0 Å². The minimum atomic E-state index is -4.77. The Kier molecular flexibility index (Phi) is 5.74. The van der Waals surface area contributed by atoms with Gasteiger partial charge in [-0.2, -0.15) is 0 Å². The molecule has 2 rings (SSSR count). The van der Waals surface area contributed by atoms with Crippen LogP contribution in [0, 0.1) is 0 Å². The topological polar surface area (TPSA) is 68.3 Å². The lowest BCUT2D eigenvalue weighted by Crippen LogP contribution is -2.23. The normalized spacial score (nSPS) is 11.0. The van der Waals surface area contributed by atoms with Crippen molar-refractivity contribution in [2.75, 3.05) is 0 Å². The fourth-order valence-corrected chi connectivity index (χ4v) is 2.11. The van der Waals surface area contributed by atoms with Crippen molar-refractivity contribution in [3.8, 4) is 5.75 Å². The summed E-state index contributed by atoms with van der Waals surface area (Å²) in [6.45, 7) is 1.45. The largest absolute Gasteiger partial charge is 0.573 e. The van der Waals surface area contributed by atoms with Crippen LogP contribution in [-0.2, 0) is 17.8 Å². The maximum absolute atomic E-state index is 12.2. The molecule has 0 bridgehead atoms. The number of ketones is 1. The average Bonchev–Trinajstić information content (AvgIpc) is 2.51. The molecule has 0 unspecified atom stereocenters. The summed E-state index contributed by atoms with van der Waals surface area (Å²) in [7, 11) is 0. The molecular weight excluding hydrogens is 337 g/mol. The van der Waals surface area contributed by atoms with Gasteiger partial charge in [0, 0.05) is 30.4 Å². The van der Waals surface area contributed by atoms with Crippen LogP contribution in [0.2, 0.25) is 0 Å². The SMILES string of the molecule is CC(=O)Cc1cc(C(=O)NCc2cccc(OC(F)(F)F)c2)ccn1. The van der Waals surface area contributed by atoms with E-state index in [1.54, 1.807) is 6.07 Å². The number of carbonyl (C=O) groups excluding carboxylic acids is 2. The van der Waals surface area contributed by atoms with Gasteiger partial charge >= 0.3 is 6.36 Å². The van der Waals surface area contributed by atoms with E-state index in [-0.39, 0.29) is 24.5 Å². The van der Waals surface area contributed by atoms with Crippen molar-refractivity contribution in [3.63, 3.8) is 0 Å². The molecule has 0 atom stereocenters. The summed E-state index contributed by atoms with van der Waals surface area (Å²) in [5.41, 5.74) is 1.24. The van der Waals surface area contributed by atoms with Crippen LogP contribution in [0.4, 0.5) is 13.2 Å². The molecule has 2 aromatic rings. The number of hydrogen-bond donors (Lipinski definition) is 1. The van der Waals surface area contributed by atoms with Crippen LogP contribution in [0.25, 0.3) is 0 Å². The van der Waals surface area contributed by atoms with Gasteiger partial charge in [0.15, 0.2) is 0 Å². The summed E-state index contributed by atoms with van der Waals surface area (Å²) in [5.74, 6) is -0.854. The molecule has 0 spiro atoms. The number of ether oxygens (including phenoxy) is 1. The summed E-state index contributed by atoms with van der Waals surface area (Å²) in [6, 6.07) is 8.33. The second-order valence-corrected chi connectivity index (χ2v) is 5.29. The van der Waals surface area contributed by atoms with Crippen LogP contribution >= 0.6 is 0 Å². The molecule has 1 amide bonds. The first-order valence-corrected chi connectivity index (χ1v) is 7.30. The zero-order valence-electron chi connectivity index (χ0n) is 13.3. The van der Waals surface area contributed by atoms with Crippen molar-refractivity contribution in [1.82, 2.24) is 10.3 Å². The van der Waals surface area contributed by atoms with Gasteiger partial charge in [-0.25, -0.2) is 0 Å². The Morgan fingerprint density at radius 2 is 1.96 bits per heavy atom. The molecular formula is C17H15F3N2O3. The smallest absolute Gasteiger partial charge is 0.406 e. The Balaban J connectivity index is 2.00. The van der Waals surface area contributed by atoms with Crippen LogP contribution in [0.5, 0.6) is 5.75 Å². The molecule has 0 aliphatic heterocycles. The van der Waals surface area contributed by atoms with Crippen molar-refractivity contribution in [3.05, 3.63) is 59.4 Å². The Labute approximate surface area is 141 Å². The number of pyridine rings is 1. The predicted octanol–water partition coefficient (Wildman–Crippen LogP) is 3.04. The first-order valence-electron chi connectivity index (χ1n) is 7.30. The van der Waals surface area contributed by atoms with Gasteiger partial charge in [-0.1, -0.05) is 12.1 Å². The molecule has 0 aliphatic carbocycles. The number of nitrogens with one attached hydrogen (secondary N) is 1. The van der Waals surface area contributed by atoms with E-state index in [1.165, 1.54) is 43.5 Å². The van der Waals surface area contributed by atoms with Crippen molar-refractivity contribution in [1.29, 1.82) is 0 Å². The van der Waals surface area contributed by atoms with E-state index in [0.29, 0.717) is 16.8 Å². The zero-order valence-corrected chi connectivity index (χ0v) is 13.3. The molecule has 1 aromatic heterocycles. The quantitative estimate of drug-likeness (QED) is 0.868. The monoisotopic (exact) mass is 352 g/mol. The number of aromatic nitrogens is 1. The van der Waals surface area contributed by atoms with Gasteiger partial charge in [-0.3, -0.25) is 14.6 Å². The fraction of sp³-hybridized carbons (Fsp3) is 0.235. The molecule has 0 radical (unpaired) electrons. The molecule has 0 fully saturated rings. The van der Waals surface area contributed by atoms with Crippen LogP contribution in [0.3, 0.4) is 0 Å². The minimum absolute atomic E-state index is 0.0260. The summed E-state index contributed by atoms with van der Waals surface area (Å²) in [6.07, 6.45) is -3.23. The zero-order chi connectivity index (χ0) is 18.4. The highest BCUT2D eigenvalue weighted by Crippen LogP contribution is 2.23. The third-order valence-corrected chi connectivity index (χ3v) is 3.09. The number of Topliss-reactive ketones (excluding diaryl/α,β-unsaturated/α-hetero) is 1. The molecule has 0 saturated heterocycles. The molecule has 0 saturated carbocycles. The Morgan fingerprint density at radius 1 is 1.20 bits per heavy atom. The minimum Gasteiger partial charge on any atom is -0.406 e. The van der Waals surface area contributed by atoms with Crippen LogP contribution < -0.4 is 10.1 Å². The fourth-order valence-electron chi connectivity index (χ4n) is 2.11. The number of alkyl halides is 3. The summed E-state index contributed by atoms with van der Waals surface area (Å²) < 4.78 is 40.5. The summed E-state index contributed by atoms with van der Waals surface area (Å²) >= 11 is 0. The van der Waals surface area contributed by atoms with E-state index >= 15 is 0 Å². The van der Waals surface area contributed by atoms with Crippen molar-refractivity contribution >= 4 is 11.7 Å². The second kappa shape index (κ2) is 7.78. The number of amides is 1. The number of rotatable bonds is 6. The number of nitrogens with zero attached hydrogens (tertiary/aromatic N) is 1.